The molecule has 0 amide bonds. The van der Waals surface area contributed by atoms with Crippen LogP contribution in [0.25, 0.3) is 0 Å². The Hall–Kier alpha value is -0.900. The number of aryl methyl sites for hydroxylation is 1. The Balaban J connectivity index is 2.18. The molecule has 0 fully saturated rings. The fourth-order valence-corrected chi connectivity index (χ4v) is 2.53. The molecule has 0 spiro atoms. The van der Waals surface area contributed by atoms with E-state index in [1.165, 1.54) is 0 Å². The first-order chi connectivity index (χ1) is 8.16. The number of carbonyl (C=O) groups is 1. The second kappa shape index (κ2) is 5.63. The average Bonchev–Trinajstić information content (AvgIpc) is 2.49. The van der Waals surface area contributed by atoms with Crippen molar-refractivity contribution in [1.82, 2.24) is 9.97 Å². The number of nitrogens with zero attached hydrogens (tertiary/aromatic N) is 2. The normalized spacial score (nSPS) is 15.8. The summed E-state index contributed by atoms with van der Waals surface area (Å²) in [5.41, 5.74) is 1.71. The highest BCUT2D eigenvalue weighted by atomic mass is 32.2. The van der Waals surface area contributed by atoms with Gasteiger partial charge >= 0.3 is 0 Å². The molecule has 0 aliphatic heterocycles. The van der Waals surface area contributed by atoms with Crippen LogP contribution in [-0.2, 0) is 12.2 Å². The number of carbonyl (C=O) groups excluding carboxylic acids is 1. The molecule has 3 nitrogen and oxygen atoms in total. The maximum Gasteiger partial charge on any atom is 0.166 e. The molecule has 1 aliphatic carbocycles. The SMILES string of the molecule is CC(C)SCc1ncc2c(n1)CCCCC2=O. The fraction of sp³-hybridized carbons (Fsp3) is 0.615. The minimum absolute atomic E-state index is 0.209. The summed E-state index contributed by atoms with van der Waals surface area (Å²) >= 11 is 1.83. The highest BCUT2D eigenvalue weighted by Gasteiger charge is 2.17. The van der Waals surface area contributed by atoms with Crippen LogP contribution in [0.1, 0.15) is 55.0 Å². The van der Waals surface area contributed by atoms with Crippen LogP contribution in [0.3, 0.4) is 0 Å². The van der Waals surface area contributed by atoms with Crippen LogP contribution in [0.15, 0.2) is 6.20 Å². The lowest BCUT2D eigenvalue weighted by Crippen LogP contribution is -2.07. The molecule has 1 aromatic rings. The van der Waals surface area contributed by atoms with Crippen molar-refractivity contribution < 1.29 is 4.79 Å². The second-order valence-corrected chi connectivity index (χ2v) is 6.20. The smallest absolute Gasteiger partial charge is 0.166 e. The molecular formula is C13H18N2OS. The largest absolute Gasteiger partial charge is 0.294 e. The molecule has 0 unspecified atom stereocenters. The van der Waals surface area contributed by atoms with Gasteiger partial charge in [-0.05, 0) is 24.5 Å². The van der Waals surface area contributed by atoms with Gasteiger partial charge in [0.15, 0.2) is 5.78 Å². The monoisotopic (exact) mass is 250 g/mol. The summed E-state index contributed by atoms with van der Waals surface area (Å²) < 4.78 is 0. The molecule has 1 aromatic heterocycles. The van der Waals surface area contributed by atoms with Gasteiger partial charge in [0.25, 0.3) is 0 Å². The van der Waals surface area contributed by atoms with Gasteiger partial charge in [-0.25, -0.2) is 9.97 Å². The van der Waals surface area contributed by atoms with Crippen molar-refractivity contribution in [2.24, 2.45) is 0 Å². The molecule has 92 valence electrons. The van der Waals surface area contributed by atoms with Gasteiger partial charge in [-0.15, -0.1) is 0 Å². The summed E-state index contributed by atoms with van der Waals surface area (Å²) in [5, 5.41) is 0.582. The van der Waals surface area contributed by atoms with Crippen molar-refractivity contribution in [3.8, 4) is 0 Å². The summed E-state index contributed by atoms with van der Waals surface area (Å²) in [7, 11) is 0. The predicted octanol–water partition coefficient (Wildman–Crippen LogP) is 3.03. The highest BCUT2D eigenvalue weighted by molar-refractivity contribution is 7.99. The van der Waals surface area contributed by atoms with Crippen LogP contribution in [0, 0.1) is 0 Å². The first kappa shape index (κ1) is 12.6. The van der Waals surface area contributed by atoms with E-state index in [0.29, 0.717) is 11.7 Å². The molecule has 2 rings (SSSR count). The topological polar surface area (TPSA) is 42.9 Å². The van der Waals surface area contributed by atoms with Crippen LogP contribution in [0.4, 0.5) is 0 Å². The number of Topliss-reactive ketones (excluding diaryl/α,β-unsaturated/α-hetero) is 1. The molecule has 1 heterocycles. The average molecular weight is 250 g/mol. The minimum atomic E-state index is 0.209. The predicted molar refractivity (Wildman–Crippen MR) is 70.3 cm³/mol. The molecule has 0 radical (unpaired) electrons. The quantitative estimate of drug-likeness (QED) is 0.773. The minimum Gasteiger partial charge on any atom is -0.294 e. The third kappa shape index (κ3) is 3.28. The zero-order valence-electron chi connectivity index (χ0n) is 10.4. The third-order valence-corrected chi connectivity index (χ3v) is 3.92. The first-order valence-electron chi connectivity index (χ1n) is 6.16. The molecule has 4 heteroatoms. The van der Waals surface area contributed by atoms with Crippen molar-refractivity contribution in [3.05, 3.63) is 23.3 Å². The lowest BCUT2D eigenvalue weighted by atomic mass is 10.1. The van der Waals surface area contributed by atoms with E-state index in [0.717, 1.165) is 42.1 Å². The van der Waals surface area contributed by atoms with E-state index in [1.807, 2.05) is 11.8 Å². The van der Waals surface area contributed by atoms with Crippen LogP contribution in [0.2, 0.25) is 0 Å². The van der Waals surface area contributed by atoms with Crippen molar-refractivity contribution in [1.29, 1.82) is 0 Å². The number of hydrogen-bond acceptors (Lipinski definition) is 4. The highest BCUT2D eigenvalue weighted by Crippen LogP contribution is 2.20. The standard InChI is InChI=1S/C13H18N2OS/c1-9(2)17-8-13-14-7-10-11(15-13)5-3-4-6-12(10)16/h7,9H,3-6,8H2,1-2H3. The Morgan fingerprint density at radius 2 is 2.12 bits per heavy atom. The molecule has 0 aromatic carbocycles. The lowest BCUT2D eigenvalue weighted by molar-refractivity contribution is 0.0981. The van der Waals surface area contributed by atoms with Gasteiger partial charge in [-0.2, -0.15) is 11.8 Å². The van der Waals surface area contributed by atoms with E-state index in [1.54, 1.807) is 6.20 Å². The number of aromatic nitrogens is 2. The van der Waals surface area contributed by atoms with E-state index < -0.39 is 0 Å². The molecule has 0 bridgehead atoms. The van der Waals surface area contributed by atoms with Gasteiger partial charge < -0.3 is 0 Å². The van der Waals surface area contributed by atoms with E-state index in [-0.39, 0.29) is 5.78 Å². The number of rotatable bonds is 3. The molecule has 0 saturated heterocycles. The van der Waals surface area contributed by atoms with Crippen molar-refractivity contribution in [2.45, 2.75) is 50.5 Å². The molecule has 0 N–H and O–H groups in total. The van der Waals surface area contributed by atoms with Gasteiger partial charge in [0.2, 0.25) is 0 Å². The second-order valence-electron chi connectivity index (χ2n) is 4.64. The number of ketones is 1. The first-order valence-corrected chi connectivity index (χ1v) is 7.21. The van der Waals surface area contributed by atoms with Gasteiger partial charge in [0.1, 0.15) is 5.82 Å². The zero-order chi connectivity index (χ0) is 12.3. The van der Waals surface area contributed by atoms with Crippen LogP contribution < -0.4 is 0 Å². The van der Waals surface area contributed by atoms with Gasteiger partial charge in [0, 0.05) is 12.6 Å². The Kier molecular flexibility index (Phi) is 4.15. The Morgan fingerprint density at radius 3 is 2.88 bits per heavy atom. The Bertz CT molecular complexity index is 418. The number of hydrogen-bond donors (Lipinski definition) is 0. The third-order valence-electron chi connectivity index (χ3n) is 2.83. The van der Waals surface area contributed by atoms with Gasteiger partial charge in [0.05, 0.1) is 17.0 Å². The molecule has 1 aliphatic rings. The van der Waals surface area contributed by atoms with E-state index in [4.69, 9.17) is 0 Å². The zero-order valence-corrected chi connectivity index (χ0v) is 11.2. The summed E-state index contributed by atoms with van der Waals surface area (Å²) in [6, 6.07) is 0. The van der Waals surface area contributed by atoms with Crippen molar-refractivity contribution in [3.63, 3.8) is 0 Å². The molecule has 17 heavy (non-hydrogen) atoms. The molecule has 0 saturated carbocycles. The number of fused-ring (bicyclic) bond motifs is 1. The Labute approximate surface area is 106 Å². The van der Waals surface area contributed by atoms with Crippen LogP contribution >= 0.6 is 11.8 Å². The van der Waals surface area contributed by atoms with E-state index in [9.17, 15) is 4.79 Å². The number of thioether (sulfide) groups is 1. The van der Waals surface area contributed by atoms with E-state index >= 15 is 0 Å². The summed E-state index contributed by atoms with van der Waals surface area (Å²) in [4.78, 5) is 20.6. The Morgan fingerprint density at radius 1 is 1.35 bits per heavy atom. The van der Waals surface area contributed by atoms with Gasteiger partial charge in [-0.1, -0.05) is 13.8 Å². The summed E-state index contributed by atoms with van der Waals surface area (Å²) in [5.74, 6) is 1.90. The van der Waals surface area contributed by atoms with Crippen molar-refractivity contribution in [2.75, 3.05) is 0 Å². The molecular weight excluding hydrogens is 232 g/mol. The van der Waals surface area contributed by atoms with Crippen LogP contribution in [-0.4, -0.2) is 21.0 Å². The molecule has 0 atom stereocenters. The lowest BCUT2D eigenvalue weighted by Gasteiger charge is -2.07. The van der Waals surface area contributed by atoms with E-state index in [2.05, 4.69) is 23.8 Å². The van der Waals surface area contributed by atoms with Crippen LogP contribution in [0.5, 0.6) is 0 Å². The fourth-order valence-electron chi connectivity index (χ4n) is 1.91. The summed E-state index contributed by atoms with van der Waals surface area (Å²) in [6.07, 6.45) is 5.34. The maximum absolute atomic E-state index is 11.8. The van der Waals surface area contributed by atoms with Crippen molar-refractivity contribution >= 4 is 17.5 Å². The summed E-state index contributed by atoms with van der Waals surface area (Å²) in [6.45, 7) is 4.33. The maximum atomic E-state index is 11.8. The van der Waals surface area contributed by atoms with Gasteiger partial charge in [-0.3, -0.25) is 4.79 Å².